The highest BCUT2D eigenvalue weighted by atomic mass is 32.2. The van der Waals surface area contributed by atoms with E-state index in [0.29, 0.717) is 19.0 Å². The maximum Gasteiger partial charge on any atom is 0.279 e. The molecule has 3 fully saturated rings. The maximum absolute atomic E-state index is 12.8. The molecule has 6 heteroatoms. The van der Waals surface area contributed by atoms with Gasteiger partial charge in [0.05, 0.1) is 12.2 Å². The molecule has 0 aromatic rings. The molecule has 0 spiro atoms. The quantitative estimate of drug-likeness (QED) is 0.862. The van der Waals surface area contributed by atoms with E-state index in [9.17, 15) is 8.42 Å². The topological polar surface area (TPSA) is 58.6 Å². The Labute approximate surface area is 135 Å². The van der Waals surface area contributed by atoms with Gasteiger partial charge in [-0.2, -0.15) is 17.4 Å². The number of hydrogen-bond acceptors (Lipinski definition) is 3. The molecule has 0 aromatic carbocycles. The Hall–Kier alpha value is -0.170. The summed E-state index contributed by atoms with van der Waals surface area (Å²) in [5, 5.41) is 0. The van der Waals surface area contributed by atoms with Gasteiger partial charge in [-0.05, 0) is 49.9 Å². The van der Waals surface area contributed by atoms with Crippen LogP contribution in [0.5, 0.6) is 0 Å². The van der Waals surface area contributed by atoms with Gasteiger partial charge < -0.3 is 4.74 Å². The Morgan fingerprint density at radius 1 is 1.14 bits per heavy atom. The number of hydrogen-bond donors (Lipinski definition) is 1. The molecule has 128 valence electrons. The summed E-state index contributed by atoms with van der Waals surface area (Å²) in [5.74, 6) is 0.632. The van der Waals surface area contributed by atoms with E-state index < -0.39 is 10.2 Å². The number of nitrogens with zero attached hydrogens (tertiary/aromatic N) is 1. The van der Waals surface area contributed by atoms with Gasteiger partial charge in [0.2, 0.25) is 0 Å². The summed E-state index contributed by atoms with van der Waals surface area (Å²) in [6, 6.07) is 0.0553. The first kappa shape index (κ1) is 16.7. The monoisotopic (exact) mass is 330 g/mol. The van der Waals surface area contributed by atoms with Gasteiger partial charge in [0.25, 0.3) is 10.2 Å². The Bertz CT molecular complexity index is 538. The fourth-order valence-corrected chi connectivity index (χ4v) is 6.64. The van der Waals surface area contributed by atoms with E-state index in [0.717, 1.165) is 12.8 Å². The molecule has 3 rings (SSSR count). The Morgan fingerprint density at radius 2 is 1.73 bits per heavy atom. The third kappa shape index (κ3) is 2.43. The van der Waals surface area contributed by atoms with Gasteiger partial charge in [-0.15, -0.1) is 0 Å². The van der Waals surface area contributed by atoms with Crippen LogP contribution in [0.25, 0.3) is 0 Å². The van der Waals surface area contributed by atoms with Crippen LogP contribution in [-0.2, 0) is 14.9 Å². The highest BCUT2D eigenvalue weighted by Gasteiger charge is 2.62. The van der Waals surface area contributed by atoms with Gasteiger partial charge in [-0.1, -0.05) is 20.8 Å². The lowest BCUT2D eigenvalue weighted by Crippen LogP contribution is -2.56. The van der Waals surface area contributed by atoms with E-state index in [1.54, 1.807) is 4.31 Å². The predicted molar refractivity (Wildman–Crippen MR) is 86.7 cm³/mol. The lowest BCUT2D eigenvalue weighted by atomic mass is 9.69. The molecule has 0 aromatic heterocycles. The highest BCUT2D eigenvalue weighted by molar-refractivity contribution is 7.87. The lowest BCUT2D eigenvalue weighted by molar-refractivity contribution is -0.0446. The van der Waals surface area contributed by atoms with Crippen molar-refractivity contribution in [3.63, 3.8) is 0 Å². The molecular formula is C16H30N2O3S. The van der Waals surface area contributed by atoms with Crippen LogP contribution in [0.2, 0.25) is 0 Å². The molecule has 2 bridgehead atoms. The molecule has 5 atom stereocenters. The minimum atomic E-state index is -3.44. The normalized spacial score (nSPS) is 45.3. The second-order valence-corrected chi connectivity index (χ2v) is 10.1. The minimum Gasteiger partial charge on any atom is -0.373 e. The maximum atomic E-state index is 12.8. The van der Waals surface area contributed by atoms with E-state index >= 15 is 0 Å². The predicted octanol–water partition coefficient (Wildman–Crippen LogP) is 2.14. The van der Waals surface area contributed by atoms with Crippen molar-refractivity contribution in [3.05, 3.63) is 0 Å². The van der Waals surface area contributed by atoms with Gasteiger partial charge in [0.15, 0.2) is 0 Å². The van der Waals surface area contributed by atoms with Gasteiger partial charge in [-0.3, -0.25) is 0 Å². The third-order valence-corrected chi connectivity index (χ3v) is 8.37. The zero-order valence-electron chi connectivity index (χ0n) is 14.4. The molecule has 5 unspecified atom stereocenters. The number of fused-ring (bicyclic) bond motifs is 2. The van der Waals surface area contributed by atoms with Crippen LogP contribution in [-0.4, -0.2) is 44.1 Å². The van der Waals surface area contributed by atoms with Crippen molar-refractivity contribution < 1.29 is 13.2 Å². The van der Waals surface area contributed by atoms with Crippen molar-refractivity contribution in [2.75, 3.05) is 13.1 Å². The van der Waals surface area contributed by atoms with Gasteiger partial charge >= 0.3 is 0 Å². The minimum absolute atomic E-state index is 0.0487. The van der Waals surface area contributed by atoms with Gasteiger partial charge in [0, 0.05) is 19.1 Å². The summed E-state index contributed by atoms with van der Waals surface area (Å²) in [7, 11) is -3.44. The van der Waals surface area contributed by atoms with Crippen LogP contribution in [0.1, 0.15) is 53.9 Å². The molecule has 1 heterocycles. The fraction of sp³-hybridized carbons (Fsp3) is 1.00. The van der Waals surface area contributed by atoms with Crippen LogP contribution in [0.15, 0.2) is 0 Å². The summed E-state index contributed by atoms with van der Waals surface area (Å²) in [6.07, 6.45) is 3.22. The van der Waals surface area contributed by atoms with Crippen molar-refractivity contribution in [2.24, 2.45) is 16.7 Å². The van der Waals surface area contributed by atoms with Crippen LogP contribution >= 0.6 is 0 Å². The molecule has 3 aliphatic rings. The van der Waals surface area contributed by atoms with E-state index in [4.69, 9.17) is 4.74 Å². The molecular weight excluding hydrogens is 300 g/mol. The largest absolute Gasteiger partial charge is 0.373 e. The van der Waals surface area contributed by atoms with Crippen LogP contribution in [0.4, 0.5) is 0 Å². The van der Waals surface area contributed by atoms with E-state index in [1.807, 2.05) is 13.8 Å². The first-order valence-electron chi connectivity index (χ1n) is 8.49. The van der Waals surface area contributed by atoms with Crippen molar-refractivity contribution in [1.29, 1.82) is 0 Å². The second kappa shape index (κ2) is 5.16. The average Bonchev–Trinajstić information content (AvgIpc) is 2.70. The molecule has 0 radical (unpaired) electrons. The molecule has 2 saturated carbocycles. The average molecular weight is 330 g/mol. The van der Waals surface area contributed by atoms with Crippen LogP contribution in [0, 0.1) is 16.7 Å². The molecule has 1 N–H and O–H groups in total. The zero-order valence-corrected chi connectivity index (χ0v) is 15.2. The number of nitrogens with one attached hydrogen (secondary N) is 1. The standard InChI is InChI=1S/C16H30N2O3S/c1-11-9-18(10-12(2)21-11)22(19,20)17-14-8-13-6-7-16(14,5)15(13,3)4/h11-14,17H,6-10H2,1-5H3. The molecule has 22 heavy (non-hydrogen) atoms. The Balaban J connectivity index is 1.76. The van der Waals surface area contributed by atoms with E-state index in [-0.39, 0.29) is 29.1 Å². The smallest absolute Gasteiger partial charge is 0.279 e. The summed E-state index contributed by atoms with van der Waals surface area (Å²) >= 11 is 0. The van der Waals surface area contributed by atoms with Crippen molar-refractivity contribution in [3.8, 4) is 0 Å². The molecule has 1 aliphatic heterocycles. The fourth-order valence-electron chi connectivity index (χ4n) is 4.96. The SMILES string of the molecule is CC1CN(S(=O)(=O)NC2CC3CCC2(C)C3(C)C)CC(C)O1. The first-order chi connectivity index (χ1) is 10.1. The molecule has 1 saturated heterocycles. The second-order valence-electron chi connectivity index (χ2n) is 8.36. The van der Waals surface area contributed by atoms with E-state index in [1.165, 1.54) is 6.42 Å². The zero-order chi connectivity index (χ0) is 16.3. The Morgan fingerprint density at radius 3 is 2.18 bits per heavy atom. The summed E-state index contributed by atoms with van der Waals surface area (Å²) in [5.41, 5.74) is 0.278. The third-order valence-electron chi connectivity index (χ3n) is 6.81. The van der Waals surface area contributed by atoms with Crippen LogP contribution < -0.4 is 4.72 Å². The summed E-state index contributed by atoms with van der Waals surface area (Å²) in [4.78, 5) is 0. The number of morpholine rings is 1. The summed E-state index contributed by atoms with van der Waals surface area (Å²) < 4.78 is 35.9. The van der Waals surface area contributed by atoms with Crippen LogP contribution in [0.3, 0.4) is 0 Å². The lowest BCUT2D eigenvalue weighted by Gasteiger charge is -2.41. The number of ether oxygens (including phenoxy) is 1. The van der Waals surface area contributed by atoms with Crippen molar-refractivity contribution in [2.45, 2.75) is 72.1 Å². The molecule has 2 aliphatic carbocycles. The Kier molecular flexibility index (Phi) is 3.91. The molecule has 5 nitrogen and oxygen atoms in total. The van der Waals surface area contributed by atoms with Gasteiger partial charge in [0.1, 0.15) is 0 Å². The van der Waals surface area contributed by atoms with Crippen molar-refractivity contribution in [1.82, 2.24) is 9.03 Å². The molecule has 0 amide bonds. The van der Waals surface area contributed by atoms with E-state index in [2.05, 4.69) is 25.5 Å². The highest BCUT2D eigenvalue weighted by Crippen LogP contribution is 2.65. The van der Waals surface area contributed by atoms with Gasteiger partial charge in [-0.25, -0.2) is 0 Å². The first-order valence-corrected chi connectivity index (χ1v) is 9.93. The van der Waals surface area contributed by atoms with Crippen molar-refractivity contribution >= 4 is 10.2 Å². The number of rotatable bonds is 3. The summed E-state index contributed by atoms with van der Waals surface area (Å²) in [6.45, 7) is 11.6.